The van der Waals surface area contributed by atoms with Crippen molar-refractivity contribution in [2.45, 2.75) is 32.8 Å². The topological polar surface area (TPSA) is 46.5 Å². The Balaban J connectivity index is 2.52. The standard InChI is InChI=1S/C12H15BrO3/c1-8-7-10(4-5-11(8)13)16-9(2)3-6-12(14)15/h4-5,7,9H,3,6H2,1-2H3,(H,14,15). The number of halogens is 1. The molecule has 88 valence electrons. The van der Waals surface area contributed by atoms with Crippen molar-refractivity contribution >= 4 is 21.9 Å². The summed E-state index contributed by atoms with van der Waals surface area (Å²) in [6.45, 7) is 3.86. The number of aliphatic carboxylic acids is 1. The van der Waals surface area contributed by atoms with Crippen LogP contribution in [0.4, 0.5) is 0 Å². The molecule has 1 N–H and O–H groups in total. The van der Waals surface area contributed by atoms with Crippen molar-refractivity contribution in [2.75, 3.05) is 0 Å². The first kappa shape index (κ1) is 13.0. The van der Waals surface area contributed by atoms with Gasteiger partial charge < -0.3 is 9.84 Å². The van der Waals surface area contributed by atoms with Crippen LogP contribution >= 0.6 is 15.9 Å². The summed E-state index contributed by atoms with van der Waals surface area (Å²) in [4.78, 5) is 10.4. The maximum atomic E-state index is 10.4. The predicted octanol–water partition coefficient (Wildman–Crippen LogP) is 3.39. The Morgan fingerprint density at radius 1 is 1.56 bits per heavy atom. The molecule has 1 aromatic carbocycles. The third-order valence-corrected chi connectivity index (χ3v) is 3.12. The predicted molar refractivity (Wildman–Crippen MR) is 65.8 cm³/mol. The molecule has 0 fully saturated rings. The van der Waals surface area contributed by atoms with Gasteiger partial charge in [0.1, 0.15) is 5.75 Å². The van der Waals surface area contributed by atoms with E-state index in [1.54, 1.807) is 0 Å². The van der Waals surface area contributed by atoms with Crippen LogP contribution in [0, 0.1) is 6.92 Å². The molecule has 1 rings (SSSR count). The molecule has 0 heterocycles. The van der Waals surface area contributed by atoms with Crippen LogP contribution in [-0.2, 0) is 4.79 Å². The van der Waals surface area contributed by atoms with E-state index in [0.29, 0.717) is 6.42 Å². The van der Waals surface area contributed by atoms with Gasteiger partial charge in [0.15, 0.2) is 0 Å². The first-order chi connectivity index (χ1) is 7.49. The molecular formula is C12H15BrO3. The number of hydrogen-bond donors (Lipinski definition) is 1. The normalized spacial score (nSPS) is 12.2. The average molecular weight is 287 g/mol. The lowest BCUT2D eigenvalue weighted by Gasteiger charge is -2.14. The monoisotopic (exact) mass is 286 g/mol. The highest BCUT2D eigenvalue weighted by atomic mass is 79.9. The van der Waals surface area contributed by atoms with Crippen molar-refractivity contribution in [1.82, 2.24) is 0 Å². The van der Waals surface area contributed by atoms with Gasteiger partial charge in [0.25, 0.3) is 0 Å². The van der Waals surface area contributed by atoms with Gasteiger partial charge in [-0.2, -0.15) is 0 Å². The molecule has 0 saturated carbocycles. The number of rotatable bonds is 5. The van der Waals surface area contributed by atoms with Crippen molar-refractivity contribution in [3.8, 4) is 5.75 Å². The number of carboxylic acid groups (broad SMARTS) is 1. The fourth-order valence-electron chi connectivity index (χ4n) is 1.31. The summed E-state index contributed by atoms with van der Waals surface area (Å²) in [5.74, 6) is -0.0129. The maximum Gasteiger partial charge on any atom is 0.303 e. The van der Waals surface area contributed by atoms with Crippen molar-refractivity contribution in [2.24, 2.45) is 0 Å². The number of carboxylic acids is 1. The van der Waals surface area contributed by atoms with E-state index < -0.39 is 5.97 Å². The van der Waals surface area contributed by atoms with E-state index in [1.807, 2.05) is 32.0 Å². The number of benzene rings is 1. The SMILES string of the molecule is Cc1cc(OC(C)CCC(=O)O)ccc1Br. The second-order valence-electron chi connectivity index (χ2n) is 3.77. The van der Waals surface area contributed by atoms with Crippen LogP contribution in [0.3, 0.4) is 0 Å². The summed E-state index contributed by atoms with van der Waals surface area (Å²) >= 11 is 3.41. The first-order valence-electron chi connectivity index (χ1n) is 5.13. The highest BCUT2D eigenvalue weighted by molar-refractivity contribution is 9.10. The summed E-state index contributed by atoms with van der Waals surface area (Å²) in [6.07, 6.45) is 0.567. The van der Waals surface area contributed by atoms with Gasteiger partial charge in [0.05, 0.1) is 6.10 Å². The third-order valence-electron chi connectivity index (χ3n) is 2.23. The minimum absolute atomic E-state index is 0.0864. The second-order valence-corrected chi connectivity index (χ2v) is 4.63. The van der Waals surface area contributed by atoms with Crippen molar-refractivity contribution in [3.63, 3.8) is 0 Å². The lowest BCUT2D eigenvalue weighted by molar-refractivity contribution is -0.137. The molecule has 0 radical (unpaired) electrons. The van der Waals surface area contributed by atoms with Crippen LogP contribution in [0.2, 0.25) is 0 Å². The molecule has 0 bridgehead atoms. The largest absolute Gasteiger partial charge is 0.491 e. The van der Waals surface area contributed by atoms with Crippen LogP contribution in [-0.4, -0.2) is 17.2 Å². The van der Waals surface area contributed by atoms with E-state index in [2.05, 4.69) is 15.9 Å². The van der Waals surface area contributed by atoms with Gasteiger partial charge in [-0.15, -0.1) is 0 Å². The van der Waals surface area contributed by atoms with Crippen LogP contribution in [0.1, 0.15) is 25.3 Å². The summed E-state index contributed by atoms with van der Waals surface area (Å²) in [7, 11) is 0. The molecule has 0 aliphatic carbocycles. The molecule has 0 aliphatic heterocycles. The van der Waals surface area contributed by atoms with Crippen molar-refractivity contribution in [1.29, 1.82) is 0 Å². The zero-order valence-electron chi connectivity index (χ0n) is 9.37. The molecular weight excluding hydrogens is 272 g/mol. The van der Waals surface area contributed by atoms with Gasteiger partial charge in [-0.3, -0.25) is 4.79 Å². The maximum absolute atomic E-state index is 10.4. The summed E-state index contributed by atoms with van der Waals surface area (Å²) < 4.78 is 6.66. The van der Waals surface area contributed by atoms with Gasteiger partial charge in [-0.25, -0.2) is 0 Å². The molecule has 1 unspecified atom stereocenters. The summed E-state index contributed by atoms with van der Waals surface area (Å²) in [5.41, 5.74) is 1.10. The van der Waals surface area contributed by atoms with E-state index in [1.165, 1.54) is 0 Å². The molecule has 3 nitrogen and oxygen atoms in total. The lowest BCUT2D eigenvalue weighted by atomic mass is 10.2. The second kappa shape index (κ2) is 5.89. The molecule has 0 aliphatic rings. The number of hydrogen-bond acceptors (Lipinski definition) is 2. The summed E-state index contributed by atoms with van der Waals surface area (Å²) in [5, 5.41) is 8.55. The molecule has 1 atom stereocenters. The Morgan fingerprint density at radius 3 is 2.81 bits per heavy atom. The van der Waals surface area contributed by atoms with Gasteiger partial charge in [0, 0.05) is 10.9 Å². The van der Waals surface area contributed by atoms with Gasteiger partial charge in [-0.05, 0) is 44.0 Å². The van der Waals surface area contributed by atoms with Crippen LogP contribution < -0.4 is 4.74 Å². The Bertz CT molecular complexity index is 377. The van der Waals surface area contributed by atoms with E-state index in [-0.39, 0.29) is 12.5 Å². The molecule has 0 spiro atoms. The zero-order valence-corrected chi connectivity index (χ0v) is 11.0. The lowest BCUT2D eigenvalue weighted by Crippen LogP contribution is -2.13. The highest BCUT2D eigenvalue weighted by Crippen LogP contribution is 2.22. The van der Waals surface area contributed by atoms with E-state index >= 15 is 0 Å². The van der Waals surface area contributed by atoms with E-state index in [4.69, 9.17) is 9.84 Å². The molecule has 4 heteroatoms. The Hall–Kier alpha value is -1.03. The quantitative estimate of drug-likeness (QED) is 0.903. The minimum atomic E-state index is -0.789. The van der Waals surface area contributed by atoms with Crippen molar-refractivity contribution in [3.05, 3.63) is 28.2 Å². The molecule has 0 amide bonds. The fourth-order valence-corrected chi connectivity index (χ4v) is 1.56. The number of ether oxygens (including phenoxy) is 1. The minimum Gasteiger partial charge on any atom is -0.491 e. The van der Waals surface area contributed by atoms with Crippen LogP contribution in [0.5, 0.6) is 5.75 Å². The first-order valence-corrected chi connectivity index (χ1v) is 5.93. The van der Waals surface area contributed by atoms with E-state index in [9.17, 15) is 4.79 Å². The van der Waals surface area contributed by atoms with Gasteiger partial charge in [-0.1, -0.05) is 15.9 Å². The van der Waals surface area contributed by atoms with Gasteiger partial charge >= 0.3 is 5.97 Å². The molecule has 1 aromatic rings. The van der Waals surface area contributed by atoms with Crippen LogP contribution in [0.25, 0.3) is 0 Å². The number of aryl methyl sites for hydroxylation is 1. The summed E-state index contributed by atoms with van der Waals surface area (Å²) in [6, 6.07) is 5.73. The third kappa shape index (κ3) is 4.23. The molecule has 0 aromatic heterocycles. The Morgan fingerprint density at radius 2 is 2.25 bits per heavy atom. The smallest absolute Gasteiger partial charge is 0.303 e. The Labute approximate surface area is 104 Å². The average Bonchev–Trinajstić information content (AvgIpc) is 2.21. The zero-order chi connectivity index (χ0) is 12.1. The fraction of sp³-hybridized carbons (Fsp3) is 0.417. The van der Waals surface area contributed by atoms with Crippen LogP contribution in [0.15, 0.2) is 22.7 Å². The van der Waals surface area contributed by atoms with Crippen molar-refractivity contribution < 1.29 is 14.6 Å². The number of carbonyl (C=O) groups is 1. The Kier molecular flexibility index (Phi) is 4.80. The van der Waals surface area contributed by atoms with E-state index in [0.717, 1.165) is 15.8 Å². The highest BCUT2D eigenvalue weighted by Gasteiger charge is 2.07. The van der Waals surface area contributed by atoms with Gasteiger partial charge in [0.2, 0.25) is 0 Å². The molecule has 16 heavy (non-hydrogen) atoms. The molecule has 0 saturated heterocycles.